The number of piperidine rings is 1. The number of carbonyl (C=O) groups is 1. The van der Waals surface area contributed by atoms with Crippen LogP contribution in [0.3, 0.4) is 0 Å². The number of pyridine rings is 1. The second kappa shape index (κ2) is 10.6. The topological polar surface area (TPSA) is 57.3 Å². The summed E-state index contributed by atoms with van der Waals surface area (Å²) in [4.78, 5) is 19.2. The Morgan fingerprint density at radius 3 is 2.64 bits per heavy atom. The molecule has 2 N–H and O–H groups in total. The van der Waals surface area contributed by atoms with E-state index in [-0.39, 0.29) is 23.0 Å². The van der Waals surface area contributed by atoms with Gasteiger partial charge in [0.05, 0.1) is 10.6 Å². The molecule has 28 heavy (non-hydrogen) atoms. The summed E-state index contributed by atoms with van der Waals surface area (Å²) in [5, 5.41) is 6.14. The van der Waals surface area contributed by atoms with E-state index in [1.165, 1.54) is 25.0 Å². The number of amides is 1. The van der Waals surface area contributed by atoms with E-state index in [2.05, 4.69) is 27.4 Å². The van der Waals surface area contributed by atoms with Crippen molar-refractivity contribution in [1.82, 2.24) is 9.88 Å². The minimum Gasteiger partial charge on any atom is -0.370 e. The molecule has 3 rings (SSSR count). The highest BCUT2D eigenvalue weighted by atomic mass is 35.5. The van der Waals surface area contributed by atoms with Crippen LogP contribution in [0.15, 0.2) is 36.4 Å². The molecule has 2 aromatic rings. The van der Waals surface area contributed by atoms with Gasteiger partial charge in [-0.05, 0) is 68.7 Å². The van der Waals surface area contributed by atoms with Gasteiger partial charge in [0, 0.05) is 6.54 Å². The number of nitrogens with one attached hydrogen (secondary N) is 2. The van der Waals surface area contributed by atoms with Gasteiger partial charge in [-0.2, -0.15) is 0 Å². The molecule has 1 saturated heterocycles. The molecule has 1 fully saturated rings. The first-order chi connectivity index (χ1) is 13.0. The van der Waals surface area contributed by atoms with Gasteiger partial charge in [-0.25, -0.2) is 9.37 Å². The minimum atomic E-state index is -0.481. The number of hydrogen-bond acceptors (Lipinski definition) is 4. The molecule has 1 amide bonds. The highest BCUT2D eigenvalue weighted by Gasteiger charge is 2.18. The summed E-state index contributed by atoms with van der Waals surface area (Å²) in [6, 6.07) is 9.10. The molecule has 0 spiro atoms. The van der Waals surface area contributed by atoms with Gasteiger partial charge < -0.3 is 15.5 Å². The van der Waals surface area contributed by atoms with Gasteiger partial charge in [-0.3, -0.25) is 4.79 Å². The second-order valence-electron chi connectivity index (χ2n) is 6.74. The van der Waals surface area contributed by atoms with E-state index >= 15 is 0 Å². The number of rotatable bonds is 6. The van der Waals surface area contributed by atoms with Crippen molar-refractivity contribution in [3.8, 4) is 0 Å². The van der Waals surface area contributed by atoms with Gasteiger partial charge in [-0.15, -0.1) is 12.4 Å². The molecule has 1 aliphatic heterocycles. The van der Waals surface area contributed by atoms with Gasteiger partial charge in [0.1, 0.15) is 17.5 Å². The fourth-order valence-corrected chi connectivity index (χ4v) is 3.47. The smallest absolute Gasteiger partial charge is 0.258 e. The Morgan fingerprint density at radius 1 is 1.25 bits per heavy atom. The Hall–Kier alpha value is -1.89. The van der Waals surface area contributed by atoms with Crippen molar-refractivity contribution in [3.05, 3.63) is 52.8 Å². The van der Waals surface area contributed by atoms with Crippen LogP contribution in [0.25, 0.3) is 0 Å². The molecule has 1 aromatic heterocycles. The van der Waals surface area contributed by atoms with Crippen LogP contribution in [0.2, 0.25) is 5.02 Å². The lowest BCUT2D eigenvalue weighted by molar-refractivity contribution is 0.102. The van der Waals surface area contributed by atoms with E-state index in [0.717, 1.165) is 38.1 Å². The van der Waals surface area contributed by atoms with Crippen molar-refractivity contribution in [1.29, 1.82) is 0 Å². The van der Waals surface area contributed by atoms with Crippen molar-refractivity contribution in [2.24, 2.45) is 5.92 Å². The maximum absolute atomic E-state index is 13.1. The lowest BCUT2D eigenvalue weighted by Crippen LogP contribution is -2.35. The zero-order valence-electron chi connectivity index (χ0n) is 15.8. The molecule has 0 bridgehead atoms. The Kier molecular flexibility index (Phi) is 8.48. The van der Waals surface area contributed by atoms with E-state index in [1.54, 1.807) is 6.07 Å². The first-order valence-corrected chi connectivity index (χ1v) is 9.62. The summed E-state index contributed by atoms with van der Waals surface area (Å²) < 4.78 is 13.1. The predicted molar refractivity (Wildman–Crippen MR) is 114 cm³/mol. The van der Waals surface area contributed by atoms with Crippen molar-refractivity contribution >= 4 is 41.6 Å². The number of aromatic nitrogens is 1. The summed E-state index contributed by atoms with van der Waals surface area (Å²) in [7, 11) is 0. The monoisotopic (exact) mass is 426 g/mol. The molecular weight excluding hydrogens is 402 g/mol. The molecule has 0 radical (unpaired) electrons. The van der Waals surface area contributed by atoms with Crippen molar-refractivity contribution < 1.29 is 9.18 Å². The number of anilines is 2. The fourth-order valence-electron chi connectivity index (χ4n) is 3.22. The third-order valence-electron chi connectivity index (χ3n) is 4.89. The van der Waals surface area contributed by atoms with Crippen LogP contribution >= 0.6 is 24.0 Å². The fraction of sp³-hybridized carbons (Fsp3) is 0.400. The van der Waals surface area contributed by atoms with E-state index in [9.17, 15) is 9.18 Å². The summed E-state index contributed by atoms with van der Waals surface area (Å²) >= 11 is 5.94. The Labute approximate surface area is 176 Å². The van der Waals surface area contributed by atoms with E-state index < -0.39 is 11.7 Å². The molecule has 0 atom stereocenters. The molecule has 5 nitrogen and oxygen atoms in total. The van der Waals surface area contributed by atoms with Crippen LogP contribution in [0.1, 0.15) is 30.1 Å². The third kappa shape index (κ3) is 6.06. The Morgan fingerprint density at radius 2 is 1.96 bits per heavy atom. The summed E-state index contributed by atoms with van der Waals surface area (Å²) in [5.41, 5.74) is 0.209. The summed E-state index contributed by atoms with van der Waals surface area (Å²) in [6.45, 7) is 6.46. The highest BCUT2D eigenvalue weighted by molar-refractivity contribution is 6.34. The van der Waals surface area contributed by atoms with E-state index in [1.807, 2.05) is 12.1 Å². The number of hydrogen-bond donors (Lipinski definition) is 2. The largest absolute Gasteiger partial charge is 0.370 e. The first kappa shape index (κ1) is 22.4. The maximum atomic E-state index is 13.1. The summed E-state index contributed by atoms with van der Waals surface area (Å²) in [6.07, 6.45) is 2.36. The van der Waals surface area contributed by atoms with Crippen LogP contribution in [0.4, 0.5) is 16.0 Å². The Bertz CT molecular complexity index is 798. The predicted octanol–water partition coefficient (Wildman–Crippen LogP) is 4.69. The molecule has 0 saturated carbocycles. The molecule has 8 heteroatoms. The van der Waals surface area contributed by atoms with Crippen LogP contribution < -0.4 is 10.6 Å². The molecule has 0 unspecified atom stereocenters. The lowest BCUT2D eigenvalue weighted by Gasteiger charge is -2.31. The van der Waals surface area contributed by atoms with Gasteiger partial charge in [0.2, 0.25) is 0 Å². The van der Waals surface area contributed by atoms with Crippen molar-refractivity contribution in [3.63, 3.8) is 0 Å². The van der Waals surface area contributed by atoms with Crippen LogP contribution in [-0.4, -0.2) is 42.0 Å². The van der Waals surface area contributed by atoms with Crippen molar-refractivity contribution in [2.75, 3.05) is 36.8 Å². The number of benzene rings is 1. The quantitative estimate of drug-likeness (QED) is 0.702. The SMILES string of the molecule is CCN1CCC(CNc2cccc(NC(=O)c3ccc(F)cc3Cl)n2)CC1.Cl. The summed E-state index contributed by atoms with van der Waals surface area (Å²) in [5.74, 6) is 0.871. The molecule has 2 heterocycles. The molecular formula is C20H25Cl2FN4O. The zero-order valence-corrected chi connectivity index (χ0v) is 17.3. The molecule has 152 valence electrons. The molecule has 1 aliphatic rings. The number of carbonyl (C=O) groups excluding carboxylic acids is 1. The molecule has 1 aromatic carbocycles. The van der Waals surface area contributed by atoms with Gasteiger partial charge in [0.25, 0.3) is 5.91 Å². The van der Waals surface area contributed by atoms with Crippen LogP contribution in [-0.2, 0) is 0 Å². The normalized spacial score (nSPS) is 15.0. The average Bonchev–Trinajstić information content (AvgIpc) is 2.67. The van der Waals surface area contributed by atoms with E-state index in [4.69, 9.17) is 11.6 Å². The number of halogens is 3. The molecule has 0 aliphatic carbocycles. The second-order valence-corrected chi connectivity index (χ2v) is 7.15. The maximum Gasteiger partial charge on any atom is 0.258 e. The van der Waals surface area contributed by atoms with Gasteiger partial charge >= 0.3 is 0 Å². The average molecular weight is 427 g/mol. The standard InChI is InChI=1S/C20H24ClFN4O.ClH/c1-2-26-10-8-14(9-11-26)13-23-18-4-3-5-19(24-18)25-20(27)16-7-6-15(22)12-17(16)21;/h3-7,12,14H,2,8-11,13H2,1H3,(H2,23,24,25,27);1H. The third-order valence-corrected chi connectivity index (χ3v) is 5.21. The van der Waals surface area contributed by atoms with Crippen LogP contribution in [0, 0.1) is 11.7 Å². The zero-order chi connectivity index (χ0) is 19.2. The highest BCUT2D eigenvalue weighted by Crippen LogP contribution is 2.20. The van der Waals surface area contributed by atoms with E-state index in [0.29, 0.717) is 11.7 Å². The van der Waals surface area contributed by atoms with Gasteiger partial charge in [0.15, 0.2) is 0 Å². The Balaban J connectivity index is 0.00000280. The number of likely N-dealkylation sites (tertiary alicyclic amines) is 1. The van der Waals surface area contributed by atoms with Gasteiger partial charge in [-0.1, -0.05) is 24.6 Å². The number of nitrogens with zero attached hydrogens (tertiary/aromatic N) is 2. The van der Waals surface area contributed by atoms with Crippen molar-refractivity contribution in [2.45, 2.75) is 19.8 Å². The van der Waals surface area contributed by atoms with Crippen LogP contribution in [0.5, 0.6) is 0 Å². The minimum absolute atomic E-state index is 0. The first-order valence-electron chi connectivity index (χ1n) is 9.25. The lowest BCUT2D eigenvalue weighted by atomic mass is 9.97.